The van der Waals surface area contributed by atoms with Gasteiger partial charge in [-0.15, -0.1) is 0 Å². The third kappa shape index (κ3) is 4.31. The summed E-state index contributed by atoms with van der Waals surface area (Å²) in [6, 6.07) is 10.9. The second kappa shape index (κ2) is 7.08. The molecule has 0 radical (unpaired) electrons. The van der Waals surface area contributed by atoms with E-state index in [1.807, 2.05) is 6.07 Å². The van der Waals surface area contributed by atoms with E-state index in [0.29, 0.717) is 5.69 Å². The molecular formula is C16H15N3O4. The van der Waals surface area contributed by atoms with Gasteiger partial charge >= 0.3 is 11.8 Å². The molecule has 2 amide bonds. The lowest BCUT2D eigenvalue weighted by molar-refractivity contribution is -0.136. The lowest BCUT2D eigenvalue weighted by Crippen LogP contribution is -2.32. The van der Waals surface area contributed by atoms with Gasteiger partial charge in [-0.1, -0.05) is 18.2 Å². The SMILES string of the molecule is Cc1ccccc1NC(=O)C(=O)N/N=C/c1ccc(O)cc1O. The van der Waals surface area contributed by atoms with E-state index in [0.717, 1.165) is 17.8 Å². The maximum Gasteiger partial charge on any atom is 0.329 e. The van der Waals surface area contributed by atoms with Crippen molar-refractivity contribution in [3.63, 3.8) is 0 Å². The summed E-state index contributed by atoms with van der Waals surface area (Å²) in [7, 11) is 0. The van der Waals surface area contributed by atoms with Crippen molar-refractivity contribution < 1.29 is 19.8 Å². The van der Waals surface area contributed by atoms with Crippen LogP contribution in [0, 0.1) is 6.92 Å². The normalized spacial score (nSPS) is 10.5. The lowest BCUT2D eigenvalue weighted by atomic mass is 10.2. The number of phenols is 2. The Bertz CT molecular complexity index is 772. The highest BCUT2D eigenvalue weighted by molar-refractivity contribution is 6.39. The van der Waals surface area contributed by atoms with Crippen LogP contribution in [0.4, 0.5) is 5.69 Å². The summed E-state index contributed by atoms with van der Waals surface area (Å²) in [6.07, 6.45) is 1.16. The smallest absolute Gasteiger partial charge is 0.329 e. The predicted molar refractivity (Wildman–Crippen MR) is 85.3 cm³/mol. The molecule has 7 heteroatoms. The van der Waals surface area contributed by atoms with Gasteiger partial charge in [-0.05, 0) is 30.7 Å². The van der Waals surface area contributed by atoms with E-state index in [1.54, 1.807) is 25.1 Å². The molecule has 7 nitrogen and oxygen atoms in total. The van der Waals surface area contributed by atoms with Gasteiger partial charge in [0.25, 0.3) is 0 Å². The van der Waals surface area contributed by atoms with Crippen molar-refractivity contribution >= 4 is 23.7 Å². The van der Waals surface area contributed by atoms with Crippen molar-refractivity contribution in [1.82, 2.24) is 5.43 Å². The Morgan fingerprint density at radius 3 is 2.52 bits per heavy atom. The van der Waals surface area contributed by atoms with Crippen molar-refractivity contribution in [2.75, 3.05) is 5.32 Å². The molecule has 0 aromatic heterocycles. The molecule has 0 bridgehead atoms. The quantitative estimate of drug-likeness (QED) is 0.391. The molecule has 2 aromatic rings. The highest BCUT2D eigenvalue weighted by Crippen LogP contribution is 2.20. The largest absolute Gasteiger partial charge is 0.508 e. The minimum atomic E-state index is -0.942. The van der Waals surface area contributed by atoms with Crippen LogP contribution in [0.15, 0.2) is 47.6 Å². The lowest BCUT2D eigenvalue weighted by Gasteiger charge is -2.06. The number of hydrogen-bond donors (Lipinski definition) is 4. The van der Waals surface area contributed by atoms with Gasteiger partial charge in [-0.2, -0.15) is 5.10 Å². The molecule has 0 aliphatic rings. The average Bonchev–Trinajstić information content (AvgIpc) is 2.51. The first-order valence-corrected chi connectivity index (χ1v) is 6.69. The Labute approximate surface area is 132 Å². The number of hydrogen-bond acceptors (Lipinski definition) is 5. The Morgan fingerprint density at radius 2 is 1.83 bits per heavy atom. The molecule has 2 aromatic carbocycles. The van der Waals surface area contributed by atoms with Crippen LogP contribution in [0.25, 0.3) is 0 Å². The summed E-state index contributed by atoms with van der Waals surface area (Å²) in [5, 5.41) is 24.8. The molecule has 2 rings (SSSR count). The van der Waals surface area contributed by atoms with Crippen LogP contribution in [0.3, 0.4) is 0 Å². The number of carbonyl (C=O) groups excluding carboxylic acids is 2. The van der Waals surface area contributed by atoms with Gasteiger partial charge in [-0.3, -0.25) is 9.59 Å². The molecule has 0 fully saturated rings. The Kier molecular flexibility index (Phi) is 4.93. The molecule has 0 aliphatic heterocycles. The van der Waals surface area contributed by atoms with E-state index in [9.17, 15) is 14.7 Å². The van der Waals surface area contributed by atoms with Gasteiger partial charge in [0, 0.05) is 17.3 Å². The van der Waals surface area contributed by atoms with Crippen LogP contribution in [0.2, 0.25) is 0 Å². The average molecular weight is 313 g/mol. The summed E-state index contributed by atoms with van der Waals surface area (Å²) >= 11 is 0. The van der Waals surface area contributed by atoms with E-state index in [4.69, 9.17) is 5.11 Å². The van der Waals surface area contributed by atoms with E-state index >= 15 is 0 Å². The summed E-state index contributed by atoms with van der Waals surface area (Å²) in [4.78, 5) is 23.4. The molecule has 118 valence electrons. The first-order chi connectivity index (χ1) is 11.0. The summed E-state index contributed by atoms with van der Waals surface area (Å²) < 4.78 is 0. The van der Waals surface area contributed by atoms with Crippen molar-refractivity contribution in [2.24, 2.45) is 5.10 Å². The highest BCUT2D eigenvalue weighted by Gasteiger charge is 2.13. The number of aryl methyl sites for hydroxylation is 1. The molecule has 0 heterocycles. The van der Waals surface area contributed by atoms with Gasteiger partial charge < -0.3 is 15.5 Å². The highest BCUT2D eigenvalue weighted by atomic mass is 16.3. The van der Waals surface area contributed by atoms with Crippen molar-refractivity contribution in [3.05, 3.63) is 53.6 Å². The van der Waals surface area contributed by atoms with E-state index < -0.39 is 11.8 Å². The minimum Gasteiger partial charge on any atom is -0.508 e. The number of anilines is 1. The number of aromatic hydroxyl groups is 2. The van der Waals surface area contributed by atoms with Crippen LogP contribution in [0.1, 0.15) is 11.1 Å². The van der Waals surface area contributed by atoms with Crippen molar-refractivity contribution in [1.29, 1.82) is 0 Å². The van der Waals surface area contributed by atoms with E-state index in [2.05, 4.69) is 15.8 Å². The summed E-state index contributed by atoms with van der Waals surface area (Å²) in [6.45, 7) is 1.80. The maximum absolute atomic E-state index is 11.7. The van der Waals surface area contributed by atoms with Gasteiger partial charge in [0.05, 0.1) is 6.21 Å². The number of para-hydroxylation sites is 1. The number of carbonyl (C=O) groups is 2. The number of rotatable bonds is 3. The number of nitrogens with one attached hydrogen (secondary N) is 2. The summed E-state index contributed by atoms with van der Waals surface area (Å²) in [5.41, 5.74) is 3.70. The molecule has 23 heavy (non-hydrogen) atoms. The number of hydrazone groups is 1. The zero-order valence-corrected chi connectivity index (χ0v) is 12.3. The zero-order chi connectivity index (χ0) is 16.8. The van der Waals surface area contributed by atoms with Gasteiger partial charge in [0.2, 0.25) is 0 Å². The summed E-state index contributed by atoms with van der Waals surface area (Å²) in [5.74, 6) is -2.09. The number of benzene rings is 2. The molecule has 0 saturated heterocycles. The zero-order valence-electron chi connectivity index (χ0n) is 12.3. The van der Waals surface area contributed by atoms with Crippen LogP contribution >= 0.6 is 0 Å². The van der Waals surface area contributed by atoms with Gasteiger partial charge in [0.1, 0.15) is 11.5 Å². The molecule has 0 aliphatic carbocycles. The number of phenolic OH excluding ortho intramolecular Hbond substituents is 2. The number of amides is 2. The standard InChI is InChI=1S/C16H15N3O4/c1-10-4-2-3-5-13(10)18-15(22)16(23)19-17-9-11-6-7-12(20)8-14(11)21/h2-9,20-21H,1H3,(H,18,22)(H,19,23)/b17-9+. The second-order valence-electron chi connectivity index (χ2n) is 4.71. The fourth-order valence-electron chi connectivity index (χ4n) is 1.74. The molecule has 0 spiro atoms. The Hall–Kier alpha value is -3.35. The molecule has 0 saturated carbocycles. The molecular weight excluding hydrogens is 298 g/mol. The first kappa shape index (κ1) is 16.0. The molecule has 4 N–H and O–H groups in total. The first-order valence-electron chi connectivity index (χ1n) is 6.69. The monoisotopic (exact) mass is 313 g/mol. The van der Waals surface area contributed by atoms with Crippen LogP contribution in [-0.2, 0) is 9.59 Å². The van der Waals surface area contributed by atoms with Crippen LogP contribution in [-0.4, -0.2) is 28.2 Å². The predicted octanol–water partition coefficient (Wildman–Crippen LogP) is 1.50. The number of nitrogens with zero attached hydrogens (tertiary/aromatic N) is 1. The van der Waals surface area contributed by atoms with E-state index in [1.165, 1.54) is 12.1 Å². The van der Waals surface area contributed by atoms with Gasteiger partial charge in [-0.25, -0.2) is 5.43 Å². The van der Waals surface area contributed by atoms with Crippen LogP contribution < -0.4 is 10.7 Å². The third-order valence-corrected chi connectivity index (χ3v) is 2.98. The maximum atomic E-state index is 11.7. The minimum absolute atomic E-state index is 0.0960. The Morgan fingerprint density at radius 1 is 1.09 bits per heavy atom. The topological polar surface area (TPSA) is 111 Å². The Balaban J connectivity index is 1.95. The molecule has 0 atom stereocenters. The molecule has 0 unspecified atom stereocenters. The van der Waals surface area contributed by atoms with Crippen molar-refractivity contribution in [2.45, 2.75) is 6.92 Å². The second-order valence-corrected chi connectivity index (χ2v) is 4.71. The van der Waals surface area contributed by atoms with Crippen LogP contribution in [0.5, 0.6) is 11.5 Å². The fourth-order valence-corrected chi connectivity index (χ4v) is 1.74. The van der Waals surface area contributed by atoms with Crippen molar-refractivity contribution in [3.8, 4) is 11.5 Å². The van der Waals surface area contributed by atoms with Gasteiger partial charge in [0.15, 0.2) is 0 Å². The van der Waals surface area contributed by atoms with E-state index in [-0.39, 0.29) is 17.1 Å². The third-order valence-electron chi connectivity index (χ3n) is 2.98. The fraction of sp³-hybridized carbons (Fsp3) is 0.0625.